The Hall–Kier alpha value is -1.28. The largest absolute Gasteiger partial charge is 0.494 e. The van der Waals surface area contributed by atoms with Crippen LogP contribution in [0.25, 0.3) is 0 Å². The number of hydrogen-bond acceptors (Lipinski definition) is 4. The van der Waals surface area contributed by atoms with Crippen LogP contribution in [0.2, 0.25) is 0 Å². The van der Waals surface area contributed by atoms with Gasteiger partial charge in [0.05, 0.1) is 12.2 Å². The third kappa shape index (κ3) is 2.86. The van der Waals surface area contributed by atoms with E-state index in [1.165, 1.54) is 0 Å². The zero-order valence-electron chi connectivity index (χ0n) is 8.32. The standard InChI is InChI=1S/C8H9BF3NO3/c1-2-16-7-6(9(14)15)3-5(4-13-7)8(10,11)12/h3-4,14-15H,2H2,1H3. The number of rotatable bonds is 3. The van der Waals surface area contributed by atoms with Gasteiger partial charge in [-0.1, -0.05) is 0 Å². The summed E-state index contributed by atoms with van der Waals surface area (Å²) in [5.41, 5.74) is -1.46. The Balaban J connectivity index is 3.17. The molecule has 2 N–H and O–H groups in total. The van der Waals surface area contributed by atoms with Gasteiger partial charge in [-0.2, -0.15) is 13.2 Å². The van der Waals surface area contributed by atoms with Crippen LogP contribution in [0, 0.1) is 0 Å². The second kappa shape index (κ2) is 4.71. The molecule has 16 heavy (non-hydrogen) atoms. The van der Waals surface area contributed by atoms with Gasteiger partial charge >= 0.3 is 13.3 Å². The lowest BCUT2D eigenvalue weighted by Crippen LogP contribution is -2.33. The third-order valence-corrected chi connectivity index (χ3v) is 1.77. The molecule has 1 heterocycles. The molecule has 0 aliphatic rings. The summed E-state index contributed by atoms with van der Waals surface area (Å²) in [5, 5.41) is 17.8. The van der Waals surface area contributed by atoms with Gasteiger partial charge in [-0.15, -0.1) is 0 Å². The van der Waals surface area contributed by atoms with Crippen molar-refractivity contribution in [1.82, 2.24) is 4.98 Å². The maximum Gasteiger partial charge on any atom is 0.494 e. The first kappa shape index (κ1) is 12.8. The molecule has 0 saturated carbocycles. The highest BCUT2D eigenvalue weighted by molar-refractivity contribution is 6.59. The van der Waals surface area contributed by atoms with Gasteiger partial charge < -0.3 is 14.8 Å². The van der Waals surface area contributed by atoms with Gasteiger partial charge in [0.2, 0.25) is 5.88 Å². The molecule has 8 heteroatoms. The summed E-state index contributed by atoms with van der Waals surface area (Å²) in [6, 6.07) is 0.600. The molecule has 0 saturated heterocycles. The maximum atomic E-state index is 12.3. The highest BCUT2D eigenvalue weighted by Crippen LogP contribution is 2.28. The molecule has 1 rings (SSSR count). The first-order valence-electron chi connectivity index (χ1n) is 4.42. The number of pyridine rings is 1. The number of hydrogen-bond donors (Lipinski definition) is 2. The third-order valence-electron chi connectivity index (χ3n) is 1.77. The monoisotopic (exact) mass is 235 g/mol. The molecule has 0 aliphatic carbocycles. The highest BCUT2D eigenvalue weighted by atomic mass is 19.4. The summed E-state index contributed by atoms with van der Waals surface area (Å²) >= 11 is 0. The lowest BCUT2D eigenvalue weighted by molar-refractivity contribution is -0.137. The summed E-state index contributed by atoms with van der Waals surface area (Å²) in [6.45, 7) is 1.77. The van der Waals surface area contributed by atoms with Crippen LogP contribution < -0.4 is 10.2 Å². The molecule has 0 aromatic carbocycles. The summed E-state index contributed by atoms with van der Waals surface area (Å²) in [4.78, 5) is 3.39. The molecule has 0 fully saturated rings. The van der Waals surface area contributed by atoms with E-state index in [2.05, 4.69) is 4.98 Å². The fourth-order valence-electron chi connectivity index (χ4n) is 1.07. The molecule has 0 bridgehead atoms. The minimum absolute atomic E-state index is 0.165. The zero-order chi connectivity index (χ0) is 12.3. The van der Waals surface area contributed by atoms with E-state index in [1.54, 1.807) is 6.92 Å². The smallest absolute Gasteiger partial charge is 0.478 e. The highest BCUT2D eigenvalue weighted by Gasteiger charge is 2.33. The Morgan fingerprint density at radius 2 is 2.06 bits per heavy atom. The molecular weight excluding hydrogens is 226 g/mol. The first-order valence-corrected chi connectivity index (χ1v) is 4.42. The van der Waals surface area contributed by atoms with Crippen LogP contribution in [0.5, 0.6) is 5.88 Å². The number of ether oxygens (including phenoxy) is 1. The maximum absolute atomic E-state index is 12.3. The van der Waals surface area contributed by atoms with Gasteiger partial charge in [-0.3, -0.25) is 0 Å². The van der Waals surface area contributed by atoms with Crippen LogP contribution in [-0.4, -0.2) is 28.8 Å². The van der Waals surface area contributed by atoms with Crippen molar-refractivity contribution in [2.24, 2.45) is 0 Å². The van der Waals surface area contributed by atoms with Crippen LogP contribution in [0.1, 0.15) is 12.5 Å². The average molecular weight is 235 g/mol. The SMILES string of the molecule is CCOc1ncc(C(F)(F)F)cc1B(O)O. The molecule has 0 aliphatic heterocycles. The van der Waals surface area contributed by atoms with Gasteiger partial charge in [0.1, 0.15) is 0 Å². The van der Waals surface area contributed by atoms with Crippen molar-refractivity contribution < 1.29 is 28.0 Å². The van der Waals surface area contributed by atoms with Gasteiger partial charge in [-0.05, 0) is 13.0 Å². The van der Waals surface area contributed by atoms with E-state index in [0.717, 1.165) is 0 Å². The van der Waals surface area contributed by atoms with Crippen molar-refractivity contribution in [1.29, 1.82) is 0 Å². The zero-order valence-corrected chi connectivity index (χ0v) is 8.32. The second-order valence-corrected chi connectivity index (χ2v) is 2.92. The predicted octanol–water partition coefficient (Wildman–Crippen LogP) is 0.179. The van der Waals surface area contributed by atoms with Crippen LogP contribution >= 0.6 is 0 Å². The van der Waals surface area contributed by atoms with Gasteiger partial charge in [0.25, 0.3) is 0 Å². The van der Waals surface area contributed by atoms with Crippen molar-refractivity contribution in [3.63, 3.8) is 0 Å². The average Bonchev–Trinajstić information content (AvgIpc) is 2.16. The summed E-state index contributed by atoms with van der Waals surface area (Å²) in [5.74, 6) is -0.217. The van der Waals surface area contributed by atoms with E-state index in [-0.39, 0.29) is 12.5 Å². The number of aromatic nitrogens is 1. The normalized spacial score (nSPS) is 11.4. The minimum atomic E-state index is -4.58. The van der Waals surface area contributed by atoms with E-state index in [1.807, 2.05) is 0 Å². The molecule has 0 amide bonds. The van der Waals surface area contributed by atoms with E-state index < -0.39 is 24.3 Å². The number of alkyl halides is 3. The fourth-order valence-corrected chi connectivity index (χ4v) is 1.07. The van der Waals surface area contributed by atoms with Crippen LogP contribution in [0.4, 0.5) is 13.2 Å². The number of nitrogens with zero attached hydrogens (tertiary/aromatic N) is 1. The van der Waals surface area contributed by atoms with Crippen molar-refractivity contribution in [3.05, 3.63) is 17.8 Å². The van der Waals surface area contributed by atoms with E-state index >= 15 is 0 Å². The van der Waals surface area contributed by atoms with Crippen molar-refractivity contribution in [3.8, 4) is 5.88 Å². The minimum Gasteiger partial charge on any atom is -0.478 e. The quantitative estimate of drug-likeness (QED) is 0.733. The molecule has 0 unspecified atom stereocenters. The van der Waals surface area contributed by atoms with Crippen molar-refractivity contribution in [2.75, 3.05) is 6.61 Å². The Bertz CT molecular complexity index is 370. The molecule has 1 aromatic heterocycles. The lowest BCUT2D eigenvalue weighted by Gasteiger charge is -2.11. The molecule has 0 spiro atoms. The number of halogens is 3. The topological polar surface area (TPSA) is 62.6 Å². The van der Waals surface area contributed by atoms with Crippen LogP contribution in [0.15, 0.2) is 12.3 Å². The Kier molecular flexibility index (Phi) is 3.76. The predicted molar refractivity (Wildman–Crippen MR) is 50.2 cm³/mol. The van der Waals surface area contributed by atoms with E-state index in [4.69, 9.17) is 14.8 Å². The summed E-state index contributed by atoms with van der Waals surface area (Å²) in [7, 11) is -2.06. The molecule has 1 aromatic rings. The van der Waals surface area contributed by atoms with Gasteiger partial charge in [0, 0.05) is 11.7 Å². The van der Waals surface area contributed by atoms with Crippen LogP contribution in [-0.2, 0) is 6.18 Å². The van der Waals surface area contributed by atoms with Crippen molar-refractivity contribution in [2.45, 2.75) is 13.1 Å². The lowest BCUT2D eigenvalue weighted by atomic mass is 9.80. The van der Waals surface area contributed by atoms with E-state index in [9.17, 15) is 13.2 Å². The van der Waals surface area contributed by atoms with Gasteiger partial charge in [0.15, 0.2) is 0 Å². The van der Waals surface area contributed by atoms with Gasteiger partial charge in [-0.25, -0.2) is 4.98 Å². The fraction of sp³-hybridized carbons (Fsp3) is 0.375. The molecular formula is C8H9BF3NO3. The van der Waals surface area contributed by atoms with Crippen LogP contribution in [0.3, 0.4) is 0 Å². The molecule has 0 radical (unpaired) electrons. The Morgan fingerprint density at radius 1 is 1.44 bits per heavy atom. The summed E-state index contributed by atoms with van der Waals surface area (Å²) < 4.78 is 41.8. The first-order chi connectivity index (χ1) is 7.36. The molecule has 4 nitrogen and oxygen atoms in total. The second-order valence-electron chi connectivity index (χ2n) is 2.92. The molecule has 0 atom stereocenters. The Labute approximate surface area is 89.8 Å². The van der Waals surface area contributed by atoms with Crippen molar-refractivity contribution >= 4 is 12.6 Å². The Morgan fingerprint density at radius 3 is 2.50 bits per heavy atom. The summed E-state index contributed by atoms with van der Waals surface area (Å²) in [6.07, 6.45) is -4.00. The van der Waals surface area contributed by atoms with E-state index in [0.29, 0.717) is 12.3 Å². The molecule has 88 valence electrons.